The zero-order chi connectivity index (χ0) is 18.4. The van der Waals surface area contributed by atoms with Crippen molar-refractivity contribution >= 4 is 22.6 Å². The molecule has 1 saturated carbocycles. The molecule has 27 heavy (non-hydrogen) atoms. The maximum absolute atomic E-state index is 13.1. The highest BCUT2D eigenvalue weighted by atomic mass is 16.2. The molecule has 2 aromatic heterocycles. The highest BCUT2D eigenvalue weighted by Crippen LogP contribution is 2.46. The van der Waals surface area contributed by atoms with Crippen LogP contribution in [0.2, 0.25) is 0 Å². The minimum atomic E-state index is -0.0340. The van der Waals surface area contributed by atoms with Gasteiger partial charge in [0.2, 0.25) is 0 Å². The molecule has 1 amide bonds. The molecule has 1 aliphatic carbocycles. The molecule has 2 fully saturated rings. The Balaban J connectivity index is 1.39. The molecular formula is C21H23N5O. The first-order chi connectivity index (χ1) is 13.2. The third-order valence-electron chi connectivity index (χ3n) is 5.94. The fourth-order valence-corrected chi connectivity index (χ4v) is 4.23. The van der Waals surface area contributed by atoms with E-state index in [1.54, 1.807) is 0 Å². The Morgan fingerprint density at radius 3 is 2.70 bits per heavy atom. The predicted octanol–water partition coefficient (Wildman–Crippen LogP) is 2.52. The van der Waals surface area contributed by atoms with Crippen LogP contribution in [0.15, 0.2) is 48.8 Å². The first kappa shape index (κ1) is 16.3. The molecule has 3 heterocycles. The number of aromatic nitrogens is 2. The second-order valence-electron chi connectivity index (χ2n) is 7.57. The van der Waals surface area contributed by atoms with Crippen molar-refractivity contribution in [2.75, 3.05) is 24.5 Å². The predicted molar refractivity (Wildman–Crippen MR) is 106 cm³/mol. The number of hydrogen-bond acceptors (Lipinski definition) is 4. The molecule has 5 rings (SSSR count). The fourth-order valence-electron chi connectivity index (χ4n) is 4.23. The number of piperazine rings is 1. The van der Waals surface area contributed by atoms with E-state index in [1.807, 2.05) is 36.7 Å². The van der Waals surface area contributed by atoms with Crippen LogP contribution >= 0.6 is 0 Å². The molecule has 1 saturated heterocycles. The molecule has 1 spiro atoms. The Bertz CT molecular complexity index is 989. The summed E-state index contributed by atoms with van der Waals surface area (Å²) in [5, 5.41) is 1.14. The van der Waals surface area contributed by atoms with Crippen molar-refractivity contribution in [3.63, 3.8) is 0 Å². The van der Waals surface area contributed by atoms with Crippen molar-refractivity contribution in [1.29, 1.82) is 0 Å². The minimum Gasteiger partial charge on any atom is -0.367 e. The molecular weight excluding hydrogens is 338 g/mol. The first-order valence-corrected chi connectivity index (χ1v) is 9.48. The molecule has 6 nitrogen and oxygen atoms in total. The van der Waals surface area contributed by atoms with E-state index in [0.29, 0.717) is 6.54 Å². The Hall–Kier alpha value is -2.86. The normalized spacial score (nSPS) is 18.3. The highest BCUT2D eigenvalue weighted by molar-refractivity contribution is 5.95. The van der Waals surface area contributed by atoms with Crippen LogP contribution in [0.1, 0.15) is 28.8 Å². The average molecular weight is 361 g/mol. The number of anilines is 1. The van der Waals surface area contributed by atoms with E-state index in [1.165, 1.54) is 5.69 Å². The number of nitrogens with one attached hydrogen (secondary N) is 1. The van der Waals surface area contributed by atoms with Gasteiger partial charge in [-0.3, -0.25) is 4.79 Å². The van der Waals surface area contributed by atoms with Crippen molar-refractivity contribution in [1.82, 2.24) is 14.9 Å². The van der Waals surface area contributed by atoms with Crippen LogP contribution in [0.3, 0.4) is 0 Å². The number of carbonyl (C=O) groups is 1. The summed E-state index contributed by atoms with van der Waals surface area (Å²) in [7, 11) is 0. The van der Waals surface area contributed by atoms with Gasteiger partial charge in [0.05, 0.1) is 5.54 Å². The van der Waals surface area contributed by atoms with Gasteiger partial charge in [-0.15, -0.1) is 0 Å². The van der Waals surface area contributed by atoms with Crippen LogP contribution in [-0.2, 0) is 6.54 Å². The van der Waals surface area contributed by atoms with Gasteiger partial charge in [0, 0.05) is 55.2 Å². The number of amides is 1. The van der Waals surface area contributed by atoms with E-state index in [2.05, 4.69) is 31.9 Å². The molecule has 0 bridgehead atoms. The van der Waals surface area contributed by atoms with Gasteiger partial charge < -0.3 is 20.5 Å². The fraction of sp³-hybridized carbons (Fsp3) is 0.333. The van der Waals surface area contributed by atoms with E-state index in [0.717, 1.165) is 54.6 Å². The number of fused-ring (bicyclic) bond motifs is 1. The van der Waals surface area contributed by atoms with E-state index in [-0.39, 0.29) is 11.4 Å². The van der Waals surface area contributed by atoms with Crippen molar-refractivity contribution in [2.45, 2.75) is 24.9 Å². The monoisotopic (exact) mass is 361 g/mol. The molecule has 0 radical (unpaired) electrons. The van der Waals surface area contributed by atoms with Crippen LogP contribution in [0.4, 0.5) is 5.69 Å². The quantitative estimate of drug-likeness (QED) is 0.751. The Morgan fingerprint density at radius 1 is 1.15 bits per heavy atom. The standard InChI is InChI=1S/C21H23N5O/c22-13-15-1-3-16(4-2-15)20(27)26-12-11-25(14-21(26)7-8-21)18-6-10-24-19-17(18)5-9-23-19/h1-6,9-10H,7-8,11-14,22H2,(H,23,24). The molecule has 0 atom stereocenters. The van der Waals surface area contributed by atoms with E-state index in [9.17, 15) is 4.79 Å². The van der Waals surface area contributed by atoms with Crippen molar-refractivity contribution in [3.8, 4) is 0 Å². The number of carbonyl (C=O) groups excluding carboxylic acids is 1. The maximum atomic E-state index is 13.1. The number of pyridine rings is 1. The summed E-state index contributed by atoms with van der Waals surface area (Å²) in [6.45, 7) is 2.95. The number of H-pyrrole nitrogens is 1. The van der Waals surface area contributed by atoms with Crippen LogP contribution < -0.4 is 10.6 Å². The third kappa shape index (κ3) is 2.68. The average Bonchev–Trinajstić information content (AvgIpc) is 3.29. The van der Waals surface area contributed by atoms with Gasteiger partial charge in [0.15, 0.2) is 0 Å². The Kier molecular flexibility index (Phi) is 3.68. The summed E-state index contributed by atoms with van der Waals surface area (Å²) in [4.78, 5) is 25.2. The van der Waals surface area contributed by atoms with Crippen LogP contribution in [0.25, 0.3) is 11.0 Å². The van der Waals surface area contributed by atoms with E-state index in [4.69, 9.17) is 5.73 Å². The van der Waals surface area contributed by atoms with Crippen LogP contribution in [0, 0.1) is 0 Å². The number of rotatable bonds is 3. The molecule has 3 N–H and O–H groups in total. The number of hydrogen-bond donors (Lipinski definition) is 2. The van der Waals surface area contributed by atoms with Gasteiger partial charge in [0.25, 0.3) is 5.91 Å². The third-order valence-corrected chi connectivity index (χ3v) is 5.94. The molecule has 1 aromatic carbocycles. The van der Waals surface area contributed by atoms with Gasteiger partial charge in [0.1, 0.15) is 5.65 Å². The highest BCUT2D eigenvalue weighted by Gasteiger charge is 2.53. The van der Waals surface area contributed by atoms with Gasteiger partial charge in [-0.05, 0) is 42.7 Å². The zero-order valence-electron chi connectivity index (χ0n) is 15.2. The summed E-state index contributed by atoms with van der Waals surface area (Å²) in [5.41, 5.74) is 9.55. The minimum absolute atomic E-state index is 0.0340. The molecule has 0 unspecified atom stereocenters. The molecule has 3 aromatic rings. The smallest absolute Gasteiger partial charge is 0.254 e. The number of benzene rings is 1. The second kappa shape index (κ2) is 6.09. The maximum Gasteiger partial charge on any atom is 0.254 e. The van der Waals surface area contributed by atoms with Crippen molar-refractivity contribution in [2.24, 2.45) is 5.73 Å². The zero-order valence-corrected chi connectivity index (χ0v) is 15.2. The van der Waals surface area contributed by atoms with Crippen LogP contribution in [0.5, 0.6) is 0 Å². The second-order valence-corrected chi connectivity index (χ2v) is 7.57. The largest absolute Gasteiger partial charge is 0.367 e. The van der Waals surface area contributed by atoms with Gasteiger partial charge >= 0.3 is 0 Å². The number of nitrogens with two attached hydrogens (primary N) is 1. The Morgan fingerprint density at radius 2 is 1.96 bits per heavy atom. The summed E-state index contributed by atoms with van der Waals surface area (Å²) in [6.07, 6.45) is 5.91. The summed E-state index contributed by atoms with van der Waals surface area (Å²) < 4.78 is 0. The van der Waals surface area contributed by atoms with Gasteiger partial charge in [-0.2, -0.15) is 0 Å². The summed E-state index contributed by atoms with van der Waals surface area (Å²) in [6, 6.07) is 11.9. The Labute approximate surface area is 158 Å². The number of nitrogens with zero attached hydrogens (tertiary/aromatic N) is 3. The molecule has 138 valence electrons. The lowest BCUT2D eigenvalue weighted by atomic mass is 10.0. The topological polar surface area (TPSA) is 78.2 Å². The molecule has 6 heteroatoms. The number of aromatic amines is 1. The lowest BCUT2D eigenvalue weighted by molar-refractivity contribution is 0.0625. The molecule has 1 aliphatic heterocycles. The summed E-state index contributed by atoms with van der Waals surface area (Å²) >= 11 is 0. The molecule has 2 aliphatic rings. The SMILES string of the molecule is NCc1ccc(C(=O)N2CCN(c3ccnc4[nH]ccc34)CC23CC3)cc1. The van der Waals surface area contributed by atoms with E-state index < -0.39 is 0 Å². The van der Waals surface area contributed by atoms with Crippen molar-refractivity contribution in [3.05, 3.63) is 59.9 Å². The summed E-state index contributed by atoms with van der Waals surface area (Å²) in [5.74, 6) is 0.136. The van der Waals surface area contributed by atoms with E-state index >= 15 is 0 Å². The first-order valence-electron chi connectivity index (χ1n) is 9.48. The van der Waals surface area contributed by atoms with Gasteiger partial charge in [-0.1, -0.05) is 12.1 Å². The van der Waals surface area contributed by atoms with Gasteiger partial charge in [-0.25, -0.2) is 4.98 Å². The van der Waals surface area contributed by atoms with Crippen molar-refractivity contribution < 1.29 is 4.79 Å². The van der Waals surface area contributed by atoms with Crippen LogP contribution in [-0.4, -0.2) is 45.9 Å². The lowest BCUT2D eigenvalue weighted by Gasteiger charge is -2.43. The lowest BCUT2D eigenvalue weighted by Crippen LogP contribution is -2.57.